The van der Waals surface area contributed by atoms with Gasteiger partial charge in [0.1, 0.15) is 0 Å². The van der Waals surface area contributed by atoms with Crippen LogP contribution < -0.4 is 98.9 Å². The molecule has 0 saturated heterocycles. The number of carboxylic acids is 5. The summed E-state index contributed by atoms with van der Waals surface area (Å²) in [5.74, 6) is -8.83. The molecule has 0 spiro atoms. The molecule has 0 aromatic heterocycles. The van der Waals surface area contributed by atoms with E-state index in [1.165, 1.54) is 0 Å². The molecule has 0 aliphatic rings. The molecular weight excluding hydrogens is 437 g/mol. The van der Waals surface area contributed by atoms with Gasteiger partial charge in [-0.1, -0.05) is 0 Å². The molecule has 0 aromatic rings. The van der Waals surface area contributed by atoms with Crippen molar-refractivity contribution in [3.8, 4) is 0 Å². The molecule has 0 saturated carbocycles. The van der Waals surface area contributed by atoms with Crippen LogP contribution in [0, 0.1) is 0 Å². The first-order chi connectivity index (χ1) is 11.2. The first-order valence-electron chi connectivity index (χ1n) is 6.08. The Hall–Kier alpha value is -0.100. The van der Waals surface area contributed by atoms with Gasteiger partial charge in [0.15, 0.2) is 5.60 Å². The molecule has 0 bridgehead atoms. The van der Waals surface area contributed by atoms with Crippen molar-refractivity contribution in [2.75, 3.05) is 0 Å². The zero-order valence-electron chi connectivity index (χ0n) is 15.8. The van der Waals surface area contributed by atoms with Gasteiger partial charge in [0.05, 0.1) is 24.4 Å². The molecule has 29 heavy (non-hydrogen) atoms. The SMILES string of the molecule is O=C(O)CC(O)(CC(=O)O)C(=O)O.O=[C-]CC(O)(CC(=O)[O-])C(=O)[O-].[Na+].[Na+].[Na+].[OH-]. The van der Waals surface area contributed by atoms with Crippen LogP contribution in [0.4, 0.5) is 0 Å². The number of carboxylic acid groups (broad SMARTS) is 5. The molecular formula is C12H14Na3O14-. The summed E-state index contributed by atoms with van der Waals surface area (Å²) in [6.45, 7) is 0. The zero-order valence-corrected chi connectivity index (χ0v) is 21.8. The fourth-order valence-electron chi connectivity index (χ4n) is 1.28. The molecule has 1 atom stereocenters. The van der Waals surface area contributed by atoms with Crippen molar-refractivity contribution in [2.45, 2.75) is 36.9 Å². The van der Waals surface area contributed by atoms with Gasteiger partial charge in [-0.15, -0.1) is 6.42 Å². The Kier molecular flexibility index (Phi) is 29.3. The number of aliphatic carboxylic acids is 5. The number of aliphatic hydroxyl groups is 2. The van der Waals surface area contributed by atoms with Crippen LogP contribution in [0.1, 0.15) is 25.7 Å². The topological polar surface area (TPSA) is 280 Å². The quantitative estimate of drug-likeness (QED) is 0.152. The van der Waals surface area contributed by atoms with Gasteiger partial charge >= 0.3 is 107 Å². The van der Waals surface area contributed by atoms with Crippen LogP contribution in [0.2, 0.25) is 0 Å². The number of rotatable bonds is 10. The van der Waals surface area contributed by atoms with Gasteiger partial charge in [-0.05, 0) is 0 Å². The van der Waals surface area contributed by atoms with Gasteiger partial charge in [0.25, 0.3) is 0 Å². The minimum Gasteiger partial charge on any atom is -0.870 e. The van der Waals surface area contributed by atoms with Crippen LogP contribution in [0.5, 0.6) is 0 Å². The van der Waals surface area contributed by atoms with Gasteiger partial charge < -0.3 is 55.6 Å². The summed E-state index contributed by atoms with van der Waals surface area (Å²) in [4.78, 5) is 60.2. The summed E-state index contributed by atoms with van der Waals surface area (Å²) in [7, 11) is 0. The van der Waals surface area contributed by atoms with Crippen LogP contribution in [-0.4, -0.2) is 78.3 Å². The average Bonchev–Trinajstić information content (AvgIpc) is 2.36. The molecule has 0 radical (unpaired) electrons. The summed E-state index contributed by atoms with van der Waals surface area (Å²) in [5, 5.41) is 62.7. The zero-order chi connectivity index (χ0) is 20.4. The van der Waals surface area contributed by atoms with E-state index in [0.29, 0.717) is 0 Å². The fourth-order valence-corrected chi connectivity index (χ4v) is 1.28. The molecule has 0 aliphatic heterocycles. The molecule has 0 fully saturated rings. The van der Waals surface area contributed by atoms with E-state index in [1.54, 1.807) is 0 Å². The van der Waals surface area contributed by atoms with E-state index in [0.717, 1.165) is 6.29 Å². The Balaban J connectivity index is -0.0000000803. The van der Waals surface area contributed by atoms with Crippen LogP contribution in [0.3, 0.4) is 0 Å². The standard InChI is InChI=1S/C6H8O7.C6H7O6.3Na.H2O/c7-3(8)1-6(13,5(11)12)2-4(9)10;7-2-1-6(12,5(10)11)3-4(8)9;;;;/h13H,1-2H2,(H,7,8)(H,9,10)(H,11,12);12H,1,3H2,(H,8,9)(H,10,11);;;;1H2/q;-1;3*+1;/p-3. The number of hydrogen-bond acceptors (Lipinski definition) is 11. The van der Waals surface area contributed by atoms with Crippen LogP contribution >= 0.6 is 0 Å². The summed E-state index contributed by atoms with van der Waals surface area (Å²) in [5.41, 5.74) is -5.45. The molecule has 0 aliphatic carbocycles. The number of carbonyl (C=O) groups excluding carboxylic acids is 3. The smallest absolute Gasteiger partial charge is 0.870 e. The Morgan fingerprint density at radius 2 is 1.10 bits per heavy atom. The monoisotopic (exact) mass is 451 g/mol. The summed E-state index contributed by atoms with van der Waals surface area (Å²) in [6.07, 6.45) is -3.35. The third-order valence-electron chi connectivity index (χ3n) is 2.47. The van der Waals surface area contributed by atoms with Crippen LogP contribution in [0.15, 0.2) is 0 Å². The van der Waals surface area contributed by atoms with E-state index in [2.05, 4.69) is 0 Å². The Morgan fingerprint density at radius 1 is 0.759 bits per heavy atom. The van der Waals surface area contributed by atoms with E-state index in [4.69, 9.17) is 25.5 Å². The van der Waals surface area contributed by atoms with Crippen molar-refractivity contribution in [1.82, 2.24) is 0 Å². The minimum atomic E-state index is -2.74. The van der Waals surface area contributed by atoms with Crippen molar-refractivity contribution in [3.05, 3.63) is 0 Å². The van der Waals surface area contributed by atoms with Crippen molar-refractivity contribution in [1.29, 1.82) is 0 Å². The number of hydrogen-bond donors (Lipinski definition) is 5. The molecule has 1 unspecified atom stereocenters. The molecule has 0 heterocycles. The van der Waals surface area contributed by atoms with Crippen molar-refractivity contribution in [2.24, 2.45) is 0 Å². The van der Waals surface area contributed by atoms with Crippen LogP contribution in [-0.2, 0) is 28.8 Å². The van der Waals surface area contributed by atoms with E-state index in [1.807, 2.05) is 0 Å². The summed E-state index contributed by atoms with van der Waals surface area (Å²) < 4.78 is 0. The van der Waals surface area contributed by atoms with Gasteiger partial charge in [0.2, 0.25) is 0 Å². The molecule has 0 aromatic carbocycles. The third kappa shape index (κ3) is 19.6. The van der Waals surface area contributed by atoms with E-state index in [9.17, 15) is 39.0 Å². The van der Waals surface area contributed by atoms with E-state index < -0.39 is 66.7 Å². The first kappa shape index (κ1) is 42.9. The molecule has 17 heteroatoms. The average molecular weight is 451 g/mol. The minimum absolute atomic E-state index is 0. The van der Waals surface area contributed by atoms with Gasteiger partial charge in [-0.3, -0.25) is 15.9 Å². The van der Waals surface area contributed by atoms with Gasteiger partial charge in [0, 0.05) is 12.4 Å². The molecule has 14 nitrogen and oxygen atoms in total. The maximum absolute atomic E-state index is 10.3. The van der Waals surface area contributed by atoms with Crippen LogP contribution in [0.25, 0.3) is 0 Å². The summed E-state index contributed by atoms with van der Waals surface area (Å²) >= 11 is 0. The molecule has 6 N–H and O–H groups in total. The second-order valence-corrected chi connectivity index (χ2v) is 4.67. The number of carbonyl (C=O) groups is 5. The predicted molar refractivity (Wildman–Crippen MR) is 68.9 cm³/mol. The second kappa shape index (κ2) is 19.8. The Bertz CT molecular complexity index is 550. The maximum atomic E-state index is 10.3. The Morgan fingerprint density at radius 3 is 1.28 bits per heavy atom. The molecule has 0 rings (SSSR count). The second-order valence-electron chi connectivity index (χ2n) is 4.67. The van der Waals surface area contributed by atoms with Gasteiger partial charge in [-0.25, -0.2) is 4.79 Å². The predicted octanol–water partition coefficient (Wildman–Crippen LogP) is -14.3. The first-order valence-corrected chi connectivity index (χ1v) is 6.08. The van der Waals surface area contributed by atoms with E-state index >= 15 is 0 Å². The van der Waals surface area contributed by atoms with Crippen molar-refractivity contribution < 1.29 is 159 Å². The largest absolute Gasteiger partial charge is 1.00 e. The molecule has 0 amide bonds. The third-order valence-corrected chi connectivity index (χ3v) is 2.47. The maximum Gasteiger partial charge on any atom is 1.00 e. The summed E-state index contributed by atoms with van der Waals surface area (Å²) in [6, 6.07) is 0. The van der Waals surface area contributed by atoms with Crippen molar-refractivity contribution >= 4 is 36.1 Å². The van der Waals surface area contributed by atoms with Crippen molar-refractivity contribution in [3.63, 3.8) is 0 Å². The fraction of sp³-hybridized carbons (Fsp3) is 0.500. The molecule has 150 valence electrons. The van der Waals surface area contributed by atoms with Gasteiger partial charge in [-0.2, -0.15) is 0 Å². The normalized spacial score (nSPS) is 11.0. The Labute approximate surface area is 229 Å². The van der Waals surface area contributed by atoms with E-state index in [-0.39, 0.29) is 94.1 Å².